The van der Waals surface area contributed by atoms with Crippen molar-refractivity contribution < 1.29 is 13.2 Å². The van der Waals surface area contributed by atoms with Crippen LogP contribution in [0.4, 0.5) is 5.69 Å². The lowest BCUT2D eigenvalue weighted by Gasteiger charge is -2.35. The molecule has 1 fully saturated rings. The van der Waals surface area contributed by atoms with E-state index in [1.54, 1.807) is 29.2 Å². The van der Waals surface area contributed by atoms with Crippen LogP contribution < -0.4 is 4.31 Å². The number of para-hydroxylation sites is 1. The van der Waals surface area contributed by atoms with Gasteiger partial charge in [0.2, 0.25) is 5.91 Å². The highest BCUT2D eigenvalue weighted by Gasteiger charge is 2.30. The lowest BCUT2D eigenvalue weighted by molar-refractivity contribution is -0.131. The van der Waals surface area contributed by atoms with Crippen LogP contribution in [0.1, 0.15) is 6.92 Å². The number of nitrogens with zero attached hydrogens (tertiary/aromatic N) is 3. The van der Waals surface area contributed by atoms with E-state index in [0.717, 1.165) is 19.6 Å². The Bertz CT molecular complexity index is 896. The standard InChI is InChI=1S/C20H24ClN3O3S/c1-2-22-12-14-23(15-13-22)20(25)16-24(18-6-4-3-5-7-18)28(26,27)19-10-8-17(21)9-11-19/h3-11H,2,12-16H2,1H3. The first-order chi connectivity index (χ1) is 13.4. The Morgan fingerprint density at radius 3 is 2.18 bits per heavy atom. The molecule has 6 nitrogen and oxygen atoms in total. The van der Waals surface area contributed by atoms with Crippen LogP contribution in [0.3, 0.4) is 0 Å². The molecule has 1 aliphatic heterocycles. The maximum Gasteiger partial charge on any atom is 0.264 e. The van der Waals surface area contributed by atoms with Crippen molar-refractivity contribution in [3.63, 3.8) is 0 Å². The zero-order valence-electron chi connectivity index (χ0n) is 15.8. The van der Waals surface area contributed by atoms with Crippen molar-refractivity contribution in [2.75, 3.05) is 43.6 Å². The molecule has 0 aliphatic carbocycles. The third-order valence-corrected chi connectivity index (χ3v) is 6.94. The number of hydrogen-bond donors (Lipinski definition) is 0. The van der Waals surface area contributed by atoms with Crippen molar-refractivity contribution in [2.45, 2.75) is 11.8 Å². The molecule has 2 aromatic rings. The Labute approximate surface area is 171 Å². The van der Waals surface area contributed by atoms with Gasteiger partial charge in [-0.3, -0.25) is 9.10 Å². The highest BCUT2D eigenvalue weighted by atomic mass is 35.5. The Morgan fingerprint density at radius 1 is 1.00 bits per heavy atom. The van der Waals surface area contributed by atoms with Gasteiger partial charge in [-0.2, -0.15) is 0 Å². The Hall–Kier alpha value is -2.09. The van der Waals surface area contributed by atoms with Gasteiger partial charge in [-0.15, -0.1) is 0 Å². The van der Waals surface area contributed by atoms with Crippen LogP contribution >= 0.6 is 11.6 Å². The Kier molecular flexibility index (Phi) is 6.59. The summed E-state index contributed by atoms with van der Waals surface area (Å²) in [6.07, 6.45) is 0. The van der Waals surface area contributed by atoms with Crippen LogP contribution in [0.5, 0.6) is 0 Å². The molecule has 0 spiro atoms. The summed E-state index contributed by atoms with van der Waals surface area (Å²) in [4.78, 5) is 17.0. The number of carbonyl (C=O) groups is 1. The van der Waals surface area contributed by atoms with Crippen LogP contribution in [-0.2, 0) is 14.8 Å². The van der Waals surface area contributed by atoms with Crippen molar-refractivity contribution in [1.29, 1.82) is 0 Å². The SMILES string of the molecule is CCN1CCN(C(=O)CN(c2ccccc2)S(=O)(=O)c2ccc(Cl)cc2)CC1. The Balaban J connectivity index is 1.86. The second-order valence-electron chi connectivity index (χ2n) is 6.62. The fraction of sp³-hybridized carbons (Fsp3) is 0.350. The molecule has 28 heavy (non-hydrogen) atoms. The first kappa shape index (κ1) is 20.6. The molecule has 1 saturated heterocycles. The van der Waals surface area contributed by atoms with E-state index in [2.05, 4.69) is 11.8 Å². The van der Waals surface area contributed by atoms with Gasteiger partial charge in [-0.05, 0) is 42.9 Å². The van der Waals surface area contributed by atoms with E-state index in [9.17, 15) is 13.2 Å². The lowest BCUT2D eigenvalue weighted by atomic mass is 10.3. The number of likely N-dealkylation sites (N-methyl/N-ethyl adjacent to an activating group) is 1. The Morgan fingerprint density at radius 2 is 1.61 bits per heavy atom. The maximum absolute atomic E-state index is 13.3. The van der Waals surface area contributed by atoms with Gasteiger partial charge in [0.25, 0.3) is 10.0 Å². The molecule has 0 unspecified atom stereocenters. The highest BCUT2D eigenvalue weighted by molar-refractivity contribution is 7.92. The van der Waals surface area contributed by atoms with Crippen LogP contribution in [0, 0.1) is 0 Å². The molecule has 2 aromatic carbocycles. The molecule has 0 radical (unpaired) electrons. The van der Waals surface area contributed by atoms with Crippen molar-refractivity contribution in [2.24, 2.45) is 0 Å². The number of rotatable bonds is 6. The highest BCUT2D eigenvalue weighted by Crippen LogP contribution is 2.24. The second kappa shape index (κ2) is 8.94. The van der Waals surface area contributed by atoms with Gasteiger partial charge in [0.05, 0.1) is 10.6 Å². The van der Waals surface area contributed by atoms with E-state index in [1.807, 2.05) is 6.07 Å². The zero-order valence-corrected chi connectivity index (χ0v) is 17.4. The number of sulfonamides is 1. The smallest absolute Gasteiger partial charge is 0.264 e. The number of carbonyl (C=O) groups excluding carboxylic acids is 1. The minimum absolute atomic E-state index is 0.101. The second-order valence-corrected chi connectivity index (χ2v) is 8.91. The maximum atomic E-state index is 13.3. The van der Waals surface area contributed by atoms with Crippen LogP contribution in [0.2, 0.25) is 5.02 Å². The van der Waals surface area contributed by atoms with E-state index >= 15 is 0 Å². The lowest BCUT2D eigenvalue weighted by Crippen LogP contribution is -2.51. The fourth-order valence-electron chi connectivity index (χ4n) is 3.18. The molecule has 0 atom stereocenters. The van der Waals surface area contributed by atoms with Crippen LogP contribution in [0.25, 0.3) is 0 Å². The first-order valence-corrected chi connectivity index (χ1v) is 11.1. The molecule has 1 heterocycles. The largest absolute Gasteiger partial charge is 0.339 e. The van der Waals surface area contributed by atoms with E-state index in [1.165, 1.54) is 28.6 Å². The first-order valence-electron chi connectivity index (χ1n) is 9.25. The topological polar surface area (TPSA) is 60.9 Å². The summed E-state index contributed by atoms with van der Waals surface area (Å²) in [6.45, 7) is 5.62. The number of piperazine rings is 1. The normalized spacial score (nSPS) is 15.4. The van der Waals surface area contributed by atoms with Gasteiger partial charge in [0.1, 0.15) is 6.54 Å². The third kappa shape index (κ3) is 4.66. The van der Waals surface area contributed by atoms with E-state index in [0.29, 0.717) is 23.8 Å². The monoisotopic (exact) mass is 421 g/mol. The van der Waals surface area contributed by atoms with Crippen LogP contribution in [0.15, 0.2) is 59.5 Å². The summed E-state index contributed by atoms with van der Waals surface area (Å²) < 4.78 is 27.7. The third-order valence-electron chi connectivity index (χ3n) is 4.90. The molecule has 3 rings (SSSR count). The summed E-state index contributed by atoms with van der Waals surface area (Å²) >= 11 is 5.89. The zero-order chi connectivity index (χ0) is 20.1. The minimum atomic E-state index is -3.90. The molecule has 1 aliphatic rings. The molecule has 0 saturated carbocycles. The average molecular weight is 422 g/mol. The number of amides is 1. The average Bonchev–Trinajstić information content (AvgIpc) is 2.72. The number of benzene rings is 2. The summed E-state index contributed by atoms with van der Waals surface area (Å²) in [5.41, 5.74) is 0.456. The van der Waals surface area contributed by atoms with Gasteiger partial charge in [-0.25, -0.2) is 8.42 Å². The fourth-order valence-corrected chi connectivity index (χ4v) is 4.72. The van der Waals surface area contributed by atoms with Crippen molar-refractivity contribution in [3.8, 4) is 0 Å². The molecule has 150 valence electrons. The molecule has 0 N–H and O–H groups in total. The molecular formula is C20H24ClN3O3S. The molecule has 8 heteroatoms. The molecule has 0 aromatic heterocycles. The predicted octanol–water partition coefficient (Wildman–Crippen LogP) is 2.70. The van der Waals surface area contributed by atoms with Gasteiger partial charge in [0.15, 0.2) is 0 Å². The minimum Gasteiger partial charge on any atom is -0.339 e. The van der Waals surface area contributed by atoms with Crippen molar-refractivity contribution in [1.82, 2.24) is 9.80 Å². The predicted molar refractivity (Wildman–Crippen MR) is 111 cm³/mol. The van der Waals surface area contributed by atoms with Gasteiger partial charge < -0.3 is 9.80 Å². The molecule has 1 amide bonds. The van der Waals surface area contributed by atoms with Crippen molar-refractivity contribution in [3.05, 3.63) is 59.6 Å². The summed E-state index contributed by atoms with van der Waals surface area (Å²) in [5.74, 6) is -0.197. The number of halogens is 1. The van der Waals surface area contributed by atoms with Gasteiger partial charge >= 0.3 is 0 Å². The summed E-state index contributed by atoms with van der Waals surface area (Å²) in [7, 11) is -3.90. The van der Waals surface area contributed by atoms with Gasteiger partial charge in [-0.1, -0.05) is 36.7 Å². The summed E-state index contributed by atoms with van der Waals surface area (Å²) in [5, 5.41) is 0.454. The molecule has 0 bridgehead atoms. The van der Waals surface area contributed by atoms with E-state index in [-0.39, 0.29) is 17.3 Å². The number of hydrogen-bond acceptors (Lipinski definition) is 4. The van der Waals surface area contributed by atoms with Crippen molar-refractivity contribution >= 4 is 33.2 Å². The summed E-state index contributed by atoms with van der Waals surface area (Å²) in [6, 6.07) is 14.7. The van der Waals surface area contributed by atoms with Crippen LogP contribution in [-0.4, -0.2) is 63.4 Å². The quantitative estimate of drug-likeness (QED) is 0.719. The van der Waals surface area contributed by atoms with E-state index < -0.39 is 10.0 Å². The van der Waals surface area contributed by atoms with Gasteiger partial charge in [0, 0.05) is 31.2 Å². The number of anilines is 1. The van der Waals surface area contributed by atoms with E-state index in [4.69, 9.17) is 11.6 Å². The molecular weight excluding hydrogens is 398 g/mol.